The smallest absolute Gasteiger partial charge is 0.491 e. The number of hydrogen-bond donors (Lipinski definition) is 0. The molecule has 5 nitrogen and oxygen atoms in total. The monoisotopic (exact) mass is 426 g/mol. The van der Waals surface area contributed by atoms with Crippen LogP contribution in [0.4, 0.5) is 0 Å². The maximum absolute atomic E-state index is 6.12. The van der Waals surface area contributed by atoms with Crippen molar-refractivity contribution < 1.29 is 23.5 Å². The van der Waals surface area contributed by atoms with E-state index in [4.69, 9.17) is 23.5 Å². The number of rotatable bonds is 9. The molecule has 1 heterocycles. The summed E-state index contributed by atoms with van der Waals surface area (Å²) in [5.74, 6) is 2.08. The van der Waals surface area contributed by atoms with Crippen LogP contribution < -0.4 is 14.9 Å². The van der Waals surface area contributed by atoms with Crippen molar-refractivity contribution in [1.82, 2.24) is 0 Å². The minimum absolute atomic E-state index is 0.349. The summed E-state index contributed by atoms with van der Waals surface area (Å²) in [6.07, 6.45) is 0. The van der Waals surface area contributed by atoms with E-state index >= 15 is 0 Å². The summed E-state index contributed by atoms with van der Waals surface area (Å²) in [7, 11) is 1.31. The van der Waals surface area contributed by atoms with Crippen molar-refractivity contribution in [3.05, 3.63) is 53.6 Å². The first-order chi connectivity index (χ1) is 14.6. The number of benzene rings is 2. The highest BCUT2D eigenvalue weighted by molar-refractivity contribution is 6.62. The zero-order chi connectivity index (χ0) is 22.6. The lowest BCUT2D eigenvalue weighted by Gasteiger charge is -2.32. The standard InChI is InChI=1S/C25H35BO5/c1-18(2)22-13-8-19(16-23(22)28-15-14-27-7)17-29-21-11-9-20(10-12-21)26-30-24(3,4)25(5,6)31-26/h8-13,16,18H,14-15,17H2,1-7H3. The van der Waals surface area contributed by atoms with E-state index in [1.807, 2.05) is 24.3 Å². The summed E-state index contributed by atoms with van der Waals surface area (Å²) in [6, 6.07) is 14.2. The highest BCUT2D eigenvalue weighted by Crippen LogP contribution is 2.36. The van der Waals surface area contributed by atoms with Crippen molar-refractivity contribution >= 4 is 12.6 Å². The van der Waals surface area contributed by atoms with Crippen LogP contribution in [0.15, 0.2) is 42.5 Å². The Morgan fingerprint density at radius 1 is 0.871 bits per heavy atom. The Morgan fingerprint density at radius 2 is 1.52 bits per heavy atom. The molecule has 1 saturated heterocycles. The molecule has 0 radical (unpaired) electrons. The maximum atomic E-state index is 6.12. The third-order valence-electron chi connectivity index (χ3n) is 6.06. The van der Waals surface area contributed by atoms with E-state index < -0.39 is 0 Å². The molecular weight excluding hydrogens is 391 g/mol. The Labute approximate surface area is 187 Å². The van der Waals surface area contributed by atoms with Gasteiger partial charge in [0.25, 0.3) is 0 Å². The molecule has 0 spiro atoms. The highest BCUT2D eigenvalue weighted by Gasteiger charge is 2.51. The molecule has 1 fully saturated rings. The molecule has 1 aliphatic heterocycles. The van der Waals surface area contributed by atoms with Crippen LogP contribution in [-0.2, 0) is 20.7 Å². The van der Waals surface area contributed by atoms with Gasteiger partial charge in [0.2, 0.25) is 0 Å². The molecule has 0 atom stereocenters. The Kier molecular flexibility index (Phi) is 7.35. The Balaban J connectivity index is 1.63. The Morgan fingerprint density at radius 3 is 2.10 bits per heavy atom. The molecule has 168 valence electrons. The van der Waals surface area contributed by atoms with E-state index in [0.717, 1.165) is 22.5 Å². The van der Waals surface area contributed by atoms with Gasteiger partial charge in [-0.25, -0.2) is 0 Å². The lowest BCUT2D eigenvalue weighted by atomic mass is 9.79. The van der Waals surface area contributed by atoms with E-state index in [1.54, 1.807) is 7.11 Å². The van der Waals surface area contributed by atoms with Gasteiger partial charge < -0.3 is 23.5 Å². The summed E-state index contributed by atoms with van der Waals surface area (Å²) in [4.78, 5) is 0. The van der Waals surface area contributed by atoms with Crippen LogP contribution in [-0.4, -0.2) is 38.6 Å². The minimum Gasteiger partial charge on any atom is -0.491 e. The van der Waals surface area contributed by atoms with Gasteiger partial charge in [0, 0.05) is 7.11 Å². The first kappa shape index (κ1) is 23.6. The summed E-state index contributed by atoms with van der Waals surface area (Å²) in [5, 5.41) is 0. The molecule has 0 bridgehead atoms. The molecule has 6 heteroatoms. The molecule has 0 aromatic heterocycles. The zero-order valence-electron chi connectivity index (χ0n) is 19.9. The van der Waals surface area contributed by atoms with Crippen LogP contribution in [0, 0.1) is 0 Å². The van der Waals surface area contributed by atoms with Crippen LogP contribution in [0.2, 0.25) is 0 Å². The average molecular weight is 426 g/mol. The van der Waals surface area contributed by atoms with Gasteiger partial charge in [0.05, 0.1) is 17.8 Å². The fourth-order valence-corrected chi connectivity index (χ4v) is 3.37. The highest BCUT2D eigenvalue weighted by atomic mass is 16.7. The molecule has 2 aromatic carbocycles. The van der Waals surface area contributed by atoms with E-state index in [9.17, 15) is 0 Å². The first-order valence-electron chi connectivity index (χ1n) is 11.0. The minimum atomic E-state index is -0.366. The van der Waals surface area contributed by atoms with Gasteiger partial charge in [-0.1, -0.05) is 38.1 Å². The van der Waals surface area contributed by atoms with Crippen molar-refractivity contribution in [2.24, 2.45) is 0 Å². The van der Waals surface area contributed by atoms with Crippen molar-refractivity contribution in [3.63, 3.8) is 0 Å². The largest absolute Gasteiger partial charge is 0.494 e. The summed E-state index contributed by atoms with van der Waals surface area (Å²) in [5.41, 5.74) is 2.54. The van der Waals surface area contributed by atoms with Gasteiger partial charge in [-0.05, 0) is 68.4 Å². The SMILES string of the molecule is COCCOc1cc(COc2ccc(B3OC(C)(C)C(C)(C)O3)cc2)ccc1C(C)C. The third kappa shape index (κ3) is 5.62. The molecule has 0 saturated carbocycles. The quantitative estimate of drug-likeness (QED) is 0.429. The molecule has 0 unspecified atom stereocenters. The third-order valence-corrected chi connectivity index (χ3v) is 6.06. The average Bonchev–Trinajstić information content (AvgIpc) is 2.94. The normalized spacial score (nSPS) is 17.2. The van der Waals surface area contributed by atoms with Gasteiger partial charge in [-0.3, -0.25) is 0 Å². The lowest BCUT2D eigenvalue weighted by molar-refractivity contribution is 0.00578. The number of hydrogen-bond acceptors (Lipinski definition) is 5. The zero-order valence-corrected chi connectivity index (χ0v) is 19.9. The molecular formula is C25H35BO5. The predicted octanol–water partition coefficient (Wildman–Crippen LogP) is 4.71. The van der Waals surface area contributed by atoms with Gasteiger partial charge in [0.15, 0.2) is 0 Å². The number of methoxy groups -OCH3 is 1. The lowest BCUT2D eigenvalue weighted by Crippen LogP contribution is -2.41. The Bertz CT molecular complexity index is 845. The second-order valence-electron chi connectivity index (χ2n) is 9.31. The van der Waals surface area contributed by atoms with Gasteiger partial charge in [-0.15, -0.1) is 0 Å². The first-order valence-corrected chi connectivity index (χ1v) is 11.0. The van der Waals surface area contributed by atoms with E-state index in [-0.39, 0.29) is 18.3 Å². The molecule has 1 aliphatic rings. The predicted molar refractivity (Wildman–Crippen MR) is 124 cm³/mol. The molecule has 31 heavy (non-hydrogen) atoms. The second kappa shape index (κ2) is 9.64. The van der Waals surface area contributed by atoms with Crippen LogP contribution >= 0.6 is 0 Å². The van der Waals surface area contributed by atoms with Crippen molar-refractivity contribution in [1.29, 1.82) is 0 Å². The van der Waals surface area contributed by atoms with Crippen molar-refractivity contribution in [2.75, 3.05) is 20.3 Å². The fourth-order valence-electron chi connectivity index (χ4n) is 3.37. The summed E-state index contributed by atoms with van der Waals surface area (Å²) >= 11 is 0. The molecule has 2 aromatic rings. The summed E-state index contributed by atoms with van der Waals surface area (Å²) in [6.45, 7) is 14.1. The van der Waals surface area contributed by atoms with Gasteiger partial charge in [-0.2, -0.15) is 0 Å². The number of ether oxygens (including phenoxy) is 3. The van der Waals surface area contributed by atoms with Crippen LogP contribution in [0.25, 0.3) is 0 Å². The Hall–Kier alpha value is -2.02. The van der Waals surface area contributed by atoms with E-state index in [0.29, 0.717) is 25.7 Å². The van der Waals surface area contributed by atoms with Crippen LogP contribution in [0.3, 0.4) is 0 Å². The molecule has 3 rings (SSSR count). The van der Waals surface area contributed by atoms with E-state index in [1.165, 1.54) is 5.56 Å². The molecule has 0 N–H and O–H groups in total. The van der Waals surface area contributed by atoms with Gasteiger partial charge in [0.1, 0.15) is 24.7 Å². The van der Waals surface area contributed by atoms with Crippen molar-refractivity contribution in [3.8, 4) is 11.5 Å². The van der Waals surface area contributed by atoms with Crippen LogP contribution in [0.5, 0.6) is 11.5 Å². The van der Waals surface area contributed by atoms with Gasteiger partial charge >= 0.3 is 7.12 Å². The summed E-state index contributed by atoms with van der Waals surface area (Å²) < 4.78 is 29.3. The topological polar surface area (TPSA) is 46.2 Å². The maximum Gasteiger partial charge on any atom is 0.494 e. The second-order valence-corrected chi connectivity index (χ2v) is 9.31. The fraction of sp³-hybridized carbons (Fsp3) is 0.520. The van der Waals surface area contributed by atoms with Crippen molar-refractivity contribution in [2.45, 2.75) is 65.3 Å². The molecule has 0 aliphatic carbocycles. The van der Waals surface area contributed by atoms with Crippen LogP contribution in [0.1, 0.15) is 58.6 Å². The molecule has 0 amide bonds. The van der Waals surface area contributed by atoms with E-state index in [2.05, 4.69) is 59.7 Å².